The lowest BCUT2D eigenvalue weighted by molar-refractivity contribution is -0.129. The molecule has 1 aliphatic heterocycles. The maximum atomic E-state index is 11.3. The van der Waals surface area contributed by atoms with E-state index in [1.807, 2.05) is 4.90 Å². The lowest BCUT2D eigenvalue weighted by Crippen LogP contribution is -2.32. The van der Waals surface area contributed by atoms with E-state index in [1.165, 1.54) is 0 Å². The van der Waals surface area contributed by atoms with Crippen molar-refractivity contribution in [3.8, 4) is 0 Å². The smallest absolute Gasteiger partial charge is 0.223 e. The average molecular weight is 155 g/mol. The molecule has 0 aliphatic carbocycles. The van der Waals surface area contributed by atoms with Gasteiger partial charge in [-0.05, 0) is 19.8 Å². The topological polar surface area (TPSA) is 20.3 Å². The van der Waals surface area contributed by atoms with Crippen molar-refractivity contribution in [1.82, 2.24) is 4.90 Å². The molecule has 11 heavy (non-hydrogen) atoms. The van der Waals surface area contributed by atoms with Crippen molar-refractivity contribution in [2.45, 2.75) is 39.7 Å². The number of carbonyl (C=O) groups is 1. The molecule has 0 N–H and O–H groups in total. The molecule has 1 amide bonds. The monoisotopic (exact) mass is 155 g/mol. The summed E-state index contributed by atoms with van der Waals surface area (Å²) in [4.78, 5) is 13.3. The summed E-state index contributed by atoms with van der Waals surface area (Å²) in [7, 11) is 0. The van der Waals surface area contributed by atoms with Crippen LogP contribution in [-0.4, -0.2) is 23.4 Å². The number of carbonyl (C=O) groups excluding carboxylic acids is 1. The molecule has 1 unspecified atom stereocenters. The summed E-state index contributed by atoms with van der Waals surface area (Å²) < 4.78 is 0. The fraction of sp³-hybridized carbons (Fsp3) is 0.889. The molecule has 1 atom stereocenters. The maximum Gasteiger partial charge on any atom is 0.223 e. The van der Waals surface area contributed by atoms with E-state index in [9.17, 15) is 4.79 Å². The average Bonchev–Trinajstić information content (AvgIpc) is 2.30. The first kappa shape index (κ1) is 8.57. The van der Waals surface area contributed by atoms with Crippen LogP contribution < -0.4 is 0 Å². The highest BCUT2D eigenvalue weighted by Crippen LogP contribution is 2.21. The van der Waals surface area contributed by atoms with E-state index >= 15 is 0 Å². The van der Waals surface area contributed by atoms with Gasteiger partial charge in [-0.1, -0.05) is 13.3 Å². The molecule has 1 saturated heterocycles. The fourth-order valence-corrected chi connectivity index (χ4v) is 1.58. The molecule has 0 saturated carbocycles. The van der Waals surface area contributed by atoms with Gasteiger partial charge < -0.3 is 4.90 Å². The molecule has 0 aromatic rings. The molecule has 2 heteroatoms. The van der Waals surface area contributed by atoms with E-state index in [0.29, 0.717) is 17.9 Å². The van der Waals surface area contributed by atoms with Crippen molar-refractivity contribution in [3.63, 3.8) is 0 Å². The molecule has 64 valence electrons. The Morgan fingerprint density at radius 2 is 2.27 bits per heavy atom. The third-order valence-electron chi connectivity index (χ3n) is 2.44. The standard InChI is InChI=1S/C9H17NO/c1-4-8-5-9(11)10(6-8)7(2)3/h7-8H,4-6H2,1-3H3. The van der Waals surface area contributed by atoms with Crippen LogP contribution in [0, 0.1) is 5.92 Å². The molecule has 0 aromatic carbocycles. The Bertz CT molecular complexity index is 154. The summed E-state index contributed by atoms with van der Waals surface area (Å²) >= 11 is 0. The molecular formula is C9H17NO. The molecule has 1 aliphatic rings. The van der Waals surface area contributed by atoms with Crippen molar-refractivity contribution in [3.05, 3.63) is 0 Å². The van der Waals surface area contributed by atoms with Gasteiger partial charge in [-0.15, -0.1) is 0 Å². The molecule has 0 spiro atoms. The minimum atomic E-state index is 0.340. The summed E-state index contributed by atoms with van der Waals surface area (Å²) in [5.41, 5.74) is 0. The SMILES string of the molecule is CCC1CC(=O)N(C(C)C)C1. The normalized spacial score (nSPS) is 25.3. The van der Waals surface area contributed by atoms with Gasteiger partial charge in [-0.25, -0.2) is 0 Å². The number of hydrogen-bond donors (Lipinski definition) is 0. The van der Waals surface area contributed by atoms with Crippen LogP contribution in [0.3, 0.4) is 0 Å². The second-order valence-corrected chi connectivity index (χ2v) is 3.62. The van der Waals surface area contributed by atoms with E-state index in [1.54, 1.807) is 0 Å². The zero-order valence-corrected chi connectivity index (χ0v) is 7.63. The Hall–Kier alpha value is -0.530. The number of nitrogens with zero attached hydrogens (tertiary/aromatic N) is 1. The quantitative estimate of drug-likeness (QED) is 0.594. The molecular weight excluding hydrogens is 138 g/mol. The lowest BCUT2D eigenvalue weighted by Gasteiger charge is -2.20. The van der Waals surface area contributed by atoms with Gasteiger partial charge in [0.1, 0.15) is 0 Å². The second kappa shape index (κ2) is 3.24. The molecule has 0 aromatic heterocycles. The molecule has 1 heterocycles. The number of hydrogen-bond acceptors (Lipinski definition) is 1. The van der Waals surface area contributed by atoms with Gasteiger partial charge in [0.2, 0.25) is 5.91 Å². The molecule has 0 radical (unpaired) electrons. The van der Waals surface area contributed by atoms with Crippen molar-refractivity contribution in [1.29, 1.82) is 0 Å². The van der Waals surface area contributed by atoms with E-state index in [2.05, 4.69) is 20.8 Å². The zero-order valence-electron chi connectivity index (χ0n) is 7.63. The molecule has 1 rings (SSSR count). The van der Waals surface area contributed by atoms with Crippen molar-refractivity contribution in [2.75, 3.05) is 6.54 Å². The fourth-order valence-electron chi connectivity index (χ4n) is 1.58. The lowest BCUT2D eigenvalue weighted by atomic mass is 10.1. The summed E-state index contributed by atoms with van der Waals surface area (Å²) in [6.45, 7) is 7.29. The summed E-state index contributed by atoms with van der Waals surface area (Å²) in [5.74, 6) is 0.955. The highest BCUT2D eigenvalue weighted by atomic mass is 16.2. The first-order valence-corrected chi connectivity index (χ1v) is 4.44. The molecule has 2 nitrogen and oxygen atoms in total. The summed E-state index contributed by atoms with van der Waals surface area (Å²) in [5, 5.41) is 0. The molecule has 1 fully saturated rings. The van der Waals surface area contributed by atoms with Crippen molar-refractivity contribution >= 4 is 5.91 Å². The van der Waals surface area contributed by atoms with Crippen LogP contribution in [0.25, 0.3) is 0 Å². The van der Waals surface area contributed by atoms with Gasteiger partial charge in [-0.2, -0.15) is 0 Å². The van der Waals surface area contributed by atoms with Crippen LogP contribution in [0.1, 0.15) is 33.6 Å². The third kappa shape index (κ3) is 1.73. The first-order valence-electron chi connectivity index (χ1n) is 4.44. The summed E-state index contributed by atoms with van der Waals surface area (Å²) in [6.07, 6.45) is 1.91. The van der Waals surface area contributed by atoms with Crippen LogP contribution >= 0.6 is 0 Å². The first-order chi connectivity index (χ1) is 5.15. The van der Waals surface area contributed by atoms with Gasteiger partial charge in [0.25, 0.3) is 0 Å². The Morgan fingerprint density at radius 3 is 2.55 bits per heavy atom. The van der Waals surface area contributed by atoms with Gasteiger partial charge in [0.15, 0.2) is 0 Å². The van der Waals surface area contributed by atoms with Crippen LogP contribution in [-0.2, 0) is 4.79 Å². The predicted molar refractivity (Wildman–Crippen MR) is 45.2 cm³/mol. The Kier molecular flexibility index (Phi) is 2.53. The number of amides is 1. The number of likely N-dealkylation sites (tertiary alicyclic amines) is 1. The van der Waals surface area contributed by atoms with Gasteiger partial charge in [0, 0.05) is 19.0 Å². The van der Waals surface area contributed by atoms with Crippen LogP contribution in [0.4, 0.5) is 0 Å². The number of rotatable bonds is 2. The van der Waals surface area contributed by atoms with E-state index in [4.69, 9.17) is 0 Å². The van der Waals surface area contributed by atoms with Gasteiger partial charge >= 0.3 is 0 Å². The van der Waals surface area contributed by atoms with Crippen molar-refractivity contribution in [2.24, 2.45) is 5.92 Å². The minimum absolute atomic E-state index is 0.340. The van der Waals surface area contributed by atoms with Crippen LogP contribution in [0.2, 0.25) is 0 Å². The highest BCUT2D eigenvalue weighted by Gasteiger charge is 2.29. The largest absolute Gasteiger partial charge is 0.340 e. The molecule has 0 bridgehead atoms. The van der Waals surface area contributed by atoms with Gasteiger partial charge in [0.05, 0.1) is 0 Å². The van der Waals surface area contributed by atoms with E-state index in [-0.39, 0.29) is 0 Å². The van der Waals surface area contributed by atoms with Gasteiger partial charge in [-0.3, -0.25) is 4.79 Å². The Labute approximate surface area is 68.6 Å². The maximum absolute atomic E-state index is 11.3. The van der Waals surface area contributed by atoms with Crippen LogP contribution in [0.5, 0.6) is 0 Å². The minimum Gasteiger partial charge on any atom is -0.340 e. The Morgan fingerprint density at radius 1 is 1.64 bits per heavy atom. The van der Waals surface area contributed by atoms with E-state index in [0.717, 1.165) is 19.4 Å². The predicted octanol–water partition coefficient (Wildman–Crippen LogP) is 1.65. The highest BCUT2D eigenvalue weighted by molar-refractivity contribution is 5.78. The van der Waals surface area contributed by atoms with E-state index < -0.39 is 0 Å². The second-order valence-electron chi connectivity index (χ2n) is 3.62. The van der Waals surface area contributed by atoms with Crippen LogP contribution in [0.15, 0.2) is 0 Å². The summed E-state index contributed by atoms with van der Waals surface area (Å²) in [6, 6.07) is 0.388. The Balaban J connectivity index is 2.52. The third-order valence-corrected chi connectivity index (χ3v) is 2.44. The zero-order chi connectivity index (χ0) is 8.43. The van der Waals surface area contributed by atoms with Crippen molar-refractivity contribution < 1.29 is 4.79 Å².